The Morgan fingerprint density at radius 1 is 1.43 bits per heavy atom. The average Bonchev–Trinajstić information content (AvgIpc) is 2.86. The second-order valence-corrected chi connectivity index (χ2v) is 6.39. The maximum absolute atomic E-state index is 11.7. The van der Waals surface area contributed by atoms with Crippen LogP contribution < -0.4 is 4.74 Å². The molecule has 1 aromatic rings. The lowest BCUT2D eigenvalue weighted by molar-refractivity contribution is -0.146. The molecule has 2 saturated heterocycles. The van der Waals surface area contributed by atoms with E-state index in [2.05, 4.69) is 11.0 Å². The van der Waals surface area contributed by atoms with Crippen molar-refractivity contribution in [2.24, 2.45) is 11.3 Å². The summed E-state index contributed by atoms with van der Waals surface area (Å²) in [5.74, 6) is -0.121. The minimum absolute atomic E-state index is 0. The van der Waals surface area contributed by atoms with Crippen molar-refractivity contribution in [2.45, 2.75) is 19.4 Å². The third kappa shape index (κ3) is 3.79. The molecule has 2 aliphatic heterocycles. The van der Waals surface area contributed by atoms with E-state index in [1.54, 1.807) is 7.11 Å². The minimum atomic E-state index is -0.671. The quantitative estimate of drug-likeness (QED) is 0.911. The highest BCUT2D eigenvalue weighted by Gasteiger charge is 2.50. The predicted octanol–water partition coefficient (Wildman–Crippen LogP) is 2.43. The van der Waals surface area contributed by atoms with Crippen molar-refractivity contribution in [2.75, 3.05) is 33.4 Å². The summed E-state index contributed by atoms with van der Waals surface area (Å²) in [6, 6.07) is 7.98. The Labute approximate surface area is 143 Å². The smallest absolute Gasteiger partial charge is 0.308 e. The number of nitrogens with zero attached hydrogens (tertiary/aromatic N) is 1. The highest BCUT2D eigenvalue weighted by atomic mass is 35.5. The van der Waals surface area contributed by atoms with Crippen LogP contribution in [-0.4, -0.2) is 49.4 Å². The van der Waals surface area contributed by atoms with E-state index in [1.165, 1.54) is 0 Å². The van der Waals surface area contributed by atoms with Gasteiger partial charge in [0, 0.05) is 38.3 Å². The molecule has 128 valence electrons. The Morgan fingerprint density at radius 3 is 2.83 bits per heavy atom. The minimum Gasteiger partial charge on any atom is -0.497 e. The highest BCUT2D eigenvalue weighted by molar-refractivity contribution is 5.85. The van der Waals surface area contributed by atoms with Crippen LogP contribution in [0.4, 0.5) is 0 Å². The summed E-state index contributed by atoms with van der Waals surface area (Å²) < 4.78 is 10.7. The van der Waals surface area contributed by atoms with Crippen molar-refractivity contribution in [3.05, 3.63) is 29.8 Å². The number of aliphatic carboxylic acids is 1. The van der Waals surface area contributed by atoms with Crippen LogP contribution in [0.15, 0.2) is 24.3 Å². The Morgan fingerprint density at radius 2 is 2.17 bits per heavy atom. The molecule has 0 aromatic heterocycles. The van der Waals surface area contributed by atoms with E-state index in [9.17, 15) is 9.90 Å². The first kappa shape index (κ1) is 18.0. The molecule has 2 heterocycles. The molecule has 1 atom stereocenters. The molecule has 2 aliphatic rings. The summed E-state index contributed by atoms with van der Waals surface area (Å²) in [6.45, 7) is 3.58. The largest absolute Gasteiger partial charge is 0.497 e. The molecular weight excluding hydrogens is 318 g/mol. The molecule has 0 aliphatic carbocycles. The highest BCUT2D eigenvalue weighted by Crippen LogP contribution is 2.44. The first-order valence-corrected chi connectivity index (χ1v) is 7.79. The number of methoxy groups -OCH3 is 1. The first-order chi connectivity index (χ1) is 10.6. The van der Waals surface area contributed by atoms with Gasteiger partial charge in [-0.25, -0.2) is 0 Å². The van der Waals surface area contributed by atoms with Crippen LogP contribution in [0.2, 0.25) is 0 Å². The molecule has 0 saturated carbocycles. The first-order valence-electron chi connectivity index (χ1n) is 7.79. The lowest BCUT2D eigenvalue weighted by Crippen LogP contribution is -2.40. The van der Waals surface area contributed by atoms with Gasteiger partial charge in [0.15, 0.2) is 0 Å². The van der Waals surface area contributed by atoms with Gasteiger partial charge >= 0.3 is 5.97 Å². The topological polar surface area (TPSA) is 59.0 Å². The van der Waals surface area contributed by atoms with Crippen molar-refractivity contribution < 1.29 is 19.4 Å². The molecule has 0 amide bonds. The van der Waals surface area contributed by atoms with Gasteiger partial charge in [0.05, 0.1) is 13.0 Å². The van der Waals surface area contributed by atoms with E-state index >= 15 is 0 Å². The number of benzene rings is 1. The Balaban J connectivity index is 0.00000192. The van der Waals surface area contributed by atoms with Gasteiger partial charge in [-0.15, -0.1) is 12.4 Å². The lowest BCUT2D eigenvalue weighted by Gasteiger charge is -2.36. The number of likely N-dealkylation sites (tertiary alicyclic amines) is 1. The summed E-state index contributed by atoms with van der Waals surface area (Å²) in [6.07, 6.45) is 1.69. The van der Waals surface area contributed by atoms with Gasteiger partial charge in [-0.3, -0.25) is 9.69 Å². The van der Waals surface area contributed by atoms with Crippen LogP contribution in [0.25, 0.3) is 0 Å². The number of halogens is 1. The van der Waals surface area contributed by atoms with Crippen LogP contribution in [0.5, 0.6) is 5.75 Å². The second-order valence-electron chi connectivity index (χ2n) is 6.39. The van der Waals surface area contributed by atoms with Crippen molar-refractivity contribution in [3.63, 3.8) is 0 Å². The van der Waals surface area contributed by atoms with Gasteiger partial charge < -0.3 is 14.6 Å². The Kier molecular flexibility index (Phi) is 5.89. The standard InChI is InChI=1S/C17H23NO4.ClH/c1-21-14-4-2-3-13(9-14)10-18-11-15(16(19)20)17(12-18)5-7-22-8-6-17;/h2-4,9,15H,5-8,10-12H2,1H3,(H,19,20);1H. The van der Waals surface area contributed by atoms with Crippen LogP contribution in [0, 0.1) is 11.3 Å². The van der Waals surface area contributed by atoms with E-state index < -0.39 is 5.97 Å². The molecule has 6 heteroatoms. The number of carboxylic acids is 1. The number of carboxylic acid groups (broad SMARTS) is 1. The maximum Gasteiger partial charge on any atom is 0.308 e. The molecule has 1 N–H and O–H groups in total. The predicted molar refractivity (Wildman–Crippen MR) is 89.1 cm³/mol. The normalized spacial score (nSPS) is 23.4. The fourth-order valence-electron chi connectivity index (χ4n) is 3.85. The molecule has 23 heavy (non-hydrogen) atoms. The number of ether oxygens (including phenoxy) is 2. The fraction of sp³-hybridized carbons (Fsp3) is 0.588. The number of carbonyl (C=O) groups is 1. The SMILES string of the molecule is COc1cccc(CN2CC(C(=O)O)C3(CCOCC3)C2)c1.Cl. The molecule has 3 rings (SSSR count). The Hall–Kier alpha value is -1.30. The van der Waals surface area contributed by atoms with Crippen molar-refractivity contribution in [1.29, 1.82) is 0 Å². The number of hydrogen-bond donors (Lipinski definition) is 1. The molecular formula is C17H24ClNO4. The van der Waals surface area contributed by atoms with E-state index in [0.29, 0.717) is 19.8 Å². The van der Waals surface area contributed by atoms with Crippen molar-refractivity contribution in [1.82, 2.24) is 4.90 Å². The third-order valence-electron chi connectivity index (χ3n) is 5.05. The van der Waals surface area contributed by atoms with E-state index in [1.807, 2.05) is 18.2 Å². The van der Waals surface area contributed by atoms with Crippen molar-refractivity contribution >= 4 is 18.4 Å². The summed E-state index contributed by atoms with van der Waals surface area (Å²) in [5.41, 5.74) is 1.04. The summed E-state index contributed by atoms with van der Waals surface area (Å²) in [5, 5.41) is 9.61. The number of hydrogen-bond acceptors (Lipinski definition) is 4. The average molecular weight is 342 g/mol. The van der Waals surface area contributed by atoms with Gasteiger partial charge in [-0.2, -0.15) is 0 Å². The van der Waals surface area contributed by atoms with Crippen LogP contribution in [0.3, 0.4) is 0 Å². The van der Waals surface area contributed by atoms with Crippen LogP contribution in [0.1, 0.15) is 18.4 Å². The molecule has 5 nitrogen and oxygen atoms in total. The van der Waals surface area contributed by atoms with E-state index in [4.69, 9.17) is 9.47 Å². The fourth-order valence-corrected chi connectivity index (χ4v) is 3.85. The summed E-state index contributed by atoms with van der Waals surface area (Å²) in [4.78, 5) is 13.9. The molecule has 0 bridgehead atoms. The number of rotatable bonds is 4. The van der Waals surface area contributed by atoms with Gasteiger partial charge in [-0.05, 0) is 30.5 Å². The molecule has 0 radical (unpaired) electrons. The zero-order chi connectivity index (χ0) is 15.6. The third-order valence-corrected chi connectivity index (χ3v) is 5.05. The molecule has 1 spiro atoms. The van der Waals surface area contributed by atoms with Gasteiger partial charge in [0.25, 0.3) is 0 Å². The molecule has 2 fully saturated rings. The second kappa shape index (κ2) is 7.51. The Bertz CT molecular complexity index is 545. The van der Waals surface area contributed by atoms with Gasteiger partial charge in [-0.1, -0.05) is 12.1 Å². The van der Waals surface area contributed by atoms with Crippen molar-refractivity contribution in [3.8, 4) is 5.75 Å². The molecule has 1 aromatic carbocycles. The molecule has 1 unspecified atom stereocenters. The van der Waals surface area contributed by atoms with E-state index in [-0.39, 0.29) is 23.7 Å². The zero-order valence-corrected chi connectivity index (χ0v) is 14.2. The van der Waals surface area contributed by atoms with Crippen LogP contribution >= 0.6 is 12.4 Å². The zero-order valence-electron chi connectivity index (χ0n) is 13.4. The van der Waals surface area contributed by atoms with Gasteiger partial charge in [0.2, 0.25) is 0 Å². The maximum atomic E-state index is 11.7. The van der Waals surface area contributed by atoms with Crippen LogP contribution in [-0.2, 0) is 16.1 Å². The summed E-state index contributed by atoms with van der Waals surface area (Å²) >= 11 is 0. The van der Waals surface area contributed by atoms with E-state index in [0.717, 1.165) is 37.2 Å². The summed E-state index contributed by atoms with van der Waals surface area (Å²) in [7, 11) is 1.66. The lowest BCUT2D eigenvalue weighted by atomic mass is 9.72. The monoisotopic (exact) mass is 341 g/mol. The van der Waals surface area contributed by atoms with Gasteiger partial charge in [0.1, 0.15) is 5.75 Å².